The maximum Gasteiger partial charge on any atom is 0.255 e. The van der Waals surface area contributed by atoms with Crippen LogP contribution in [0.4, 0.5) is 0 Å². The fraction of sp³-hybridized carbons (Fsp3) is 0.462. The molecule has 0 saturated carbocycles. The maximum absolute atomic E-state index is 12.3. The first-order valence-corrected chi connectivity index (χ1v) is 7.81. The molecule has 1 amide bonds. The van der Waals surface area contributed by atoms with Crippen molar-refractivity contribution in [2.45, 2.75) is 19.4 Å². The first-order valence-electron chi connectivity index (χ1n) is 5.62. The number of carbonyl (C=O) groups excluding carboxylic acids is 1. The second-order valence-electron chi connectivity index (χ2n) is 3.91. The summed E-state index contributed by atoms with van der Waals surface area (Å²) in [7, 11) is 1.88. The number of halogens is 1. The average molecular weight is 316 g/mol. The zero-order chi connectivity index (χ0) is 12.8. The summed E-state index contributed by atoms with van der Waals surface area (Å²) < 4.78 is 0.857. The fourth-order valence-corrected chi connectivity index (χ4v) is 2.98. The second kappa shape index (κ2) is 7.07. The monoisotopic (exact) mass is 315 g/mol. The summed E-state index contributed by atoms with van der Waals surface area (Å²) in [6.45, 7) is 2.12. The number of hydrogen-bond acceptors (Lipinski definition) is 2. The van der Waals surface area contributed by atoms with Crippen LogP contribution >= 0.6 is 27.7 Å². The molecule has 0 radical (unpaired) electrons. The third kappa shape index (κ3) is 3.75. The molecular weight excluding hydrogens is 298 g/mol. The Balaban J connectivity index is 2.85. The van der Waals surface area contributed by atoms with Gasteiger partial charge < -0.3 is 4.90 Å². The highest BCUT2D eigenvalue weighted by atomic mass is 79.9. The molecule has 2 nitrogen and oxygen atoms in total. The number of amides is 1. The normalized spacial score (nSPS) is 12.2. The summed E-state index contributed by atoms with van der Waals surface area (Å²) >= 11 is 5.20. The van der Waals surface area contributed by atoms with E-state index in [0.717, 1.165) is 22.2 Å². The molecule has 0 fully saturated rings. The smallest absolute Gasteiger partial charge is 0.255 e. The second-order valence-corrected chi connectivity index (χ2v) is 5.68. The van der Waals surface area contributed by atoms with Crippen molar-refractivity contribution in [3.8, 4) is 0 Å². The SMILES string of the molecule is CCC(CSC)N(C)C(=O)c1ccccc1Br. The van der Waals surface area contributed by atoms with E-state index in [9.17, 15) is 4.79 Å². The minimum Gasteiger partial charge on any atom is -0.338 e. The third-order valence-electron chi connectivity index (χ3n) is 2.80. The Morgan fingerprint density at radius 3 is 2.65 bits per heavy atom. The molecule has 0 aliphatic rings. The first kappa shape index (κ1) is 14.6. The zero-order valence-electron chi connectivity index (χ0n) is 10.4. The Hall–Kier alpha value is -0.480. The molecule has 1 aromatic carbocycles. The number of thioether (sulfide) groups is 1. The highest BCUT2D eigenvalue weighted by Gasteiger charge is 2.20. The summed E-state index contributed by atoms with van der Waals surface area (Å²) in [6.07, 6.45) is 3.05. The molecule has 0 heterocycles. The highest BCUT2D eigenvalue weighted by molar-refractivity contribution is 9.10. The summed E-state index contributed by atoms with van der Waals surface area (Å²) in [5.74, 6) is 1.06. The van der Waals surface area contributed by atoms with Crippen molar-refractivity contribution in [2.24, 2.45) is 0 Å². The van der Waals surface area contributed by atoms with Gasteiger partial charge in [-0.05, 0) is 40.7 Å². The molecule has 0 aliphatic carbocycles. The van der Waals surface area contributed by atoms with Crippen molar-refractivity contribution in [2.75, 3.05) is 19.1 Å². The summed E-state index contributed by atoms with van der Waals surface area (Å²) in [5, 5.41) is 0. The van der Waals surface area contributed by atoms with Crippen LogP contribution in [0.1, 0.15) is 23.7 Å². The maximum atomic E-state index is 12.3. The van der Waals surface area contributed by atoms with Crippen LogP contribution in [0.5, 0.6) is 0 Å². The van der Waals surface area contributed by atoms with Crippen LogP contribution in [0.15, 0.2) is 28.7 Å². The highest BCUT2D eigenvalue weighted by Crippen LogP contribution is 2.19. The molecule has 17 heavy (non-hydrogen) atoms. The van der Waals surface area contributed by atoms with Gasteiger partial charge in [0.05, 0.1) is 5.56 Å². The van der Waals surface area contributed by atoms with Gasteiger partial charge in [-0.1, -0.05) is 19.1 Å². The zero-order valence-corrected chi connectivity index (χ0v) is 12.8. The molecule has 0 N–H and O–H groups in total. The van der Waals surface area contributed by atoms with Crippen LogP contribution in [-0.4, -0.2) is 35.9 Å². The van der Waals surface area contributed by atoms with Gasteiger partial charge >= 0.3 is 0 Å². The molecular formula is C13H18BrNOS. The summed E-state index contributed by atoms with van der Waals surface area (Å²) in [6, 6.07) is 7.86. The predicted molar refractivity (Wildman–Crippen MR) is 78.7 cm³/mol. The van der Waals surface area contributed by atoms with Gasteiger partial charge in [0, 0.05) is 23.3 Å². The third-order valence-corrected chi connectivity index (χ3v) is 4.21. The lowest BCUT2D eigenvalue weighted by Gasteiger charge is -2.27. The average Bonchev–Trinajstić information content (AvgIpc) is 2.35. The van der Waals surface area contributed by atoms with Crippen LogP contribution in [0, 0.1) is 0 Å². The molecule has 0 aliphatic heterocycles. The van der Waals surface area contributed by atoms with Crippen LogP contribution in [0.25, 0.3) is 0 Å². The Morgan fingerprint density at radius 2 is 2.12 bits per heavy atom. The van der Waals surface area contributed by atoms with Crippen molar-refractivity contribution >= 4 is 33.6 Å². The van der Waals surface area contributed by atoms with Crippen LogP contribution in [0.3, 0.4) is 0 Å². The molecule has 94 valence electrons. The Bertz CT molecular complexity index is 383. The van der Waals surface area contributed by atoms with E-state index in [-0.39, 0.29) is 5.91 Å². The topological polar surface area (TPSA) is 20.3 Å². The lowest BCUT2D eigenvalue weighted by Crippen LogP contribution is -2.38. The number of carbonyl (C=O) groups is 1. The minimum atomic E-state index is 0.0818. The van der Waals surface area contributed by atoms with Gasteiger partial charge in [0.1, 0.15) is 0 Å². The van der Waals surface area contributed by atoms with Gasteiger partial charge in [0.15, 0.2) is 0 Å². The van der Waals surface area contributed by atoms with Crippen molar-refractivity contribution in [3.63, 3.8) is 0 Å². The number of benzene rings is 1. The summed E-state index contributed by atoms with van der Waals surface area (Å²) in [5.41, 5.74) is 0.731. The molecule has 4 heteroatoms. The molecule has 1 atom stereocenters. The first-order chi connectivity index (χ1) is 8.11. The lowest BCUT2D eigenvalue weighted by molar-refractivity contribution is 0.0742. The van der Waals surface area contributed by atoms with E-state index in [1.165, 1.54) is 0 Å². The van der Waals surface area contributed by atoms with Gasteiger partial charge in [-0.25, -0.2) is 0 Å². The van der Waals surface area contributed by atoms with Gasteiger partial charge in [0.25, 0.3) is 5.91 Å². The minimum absolute atomic E-state index is 0.0818. The standard InChI is InChI=1S/C13H18BrNOS/c1-4-10(9-17-3)15(2)13(16)11-7-5-6-8-12(11)14/h5-8,10H,4,9H2,1-3H3. The van der Waals surface area contributed by atoms with Crippen LogP contribution in [0.2, 0.25) is 0 Å². The molecule has 0 spiro atoms. The van der Waals surface area contributed by atoms with Crippen molar-refractivity contribution in [1.29, 1.82) is 0 Å². The fourth-order valence-electron chi connectivity index (χ4n) is 1.69. The number of rotatable bonds is 5. The predicted octanol–water partition coefficient (Wildman–Crippen LogP) is 3.66. The van der Waals surface area contributed by atoms with Gasteiger partial charge in [-0.3, -0.25) is 4.79 Å². The Labute approximate surface area is 116 Å². The Morgan fingerprint density at radius 1 is 1.47 bits per heavy atom. The quantitative estimate of drug-likeness (QED) is 0.826. The molecule has 1 rings (SSSR count). The van der Waals surface area contributed by atoms with Crippen LogP contribution in [-0.2, 0) is 0 Å². The molecule has 0 aromatic heterocycles. The van der Waals surface area contributed by atoms with E-state index >= 15 is 0 Å². The van der Waals surface area contributed by atoms with E-state index in [4.69, 9.17) is 0 Å². The van der Waals surface area contributed by atoms with Gasteiger partial charge in [-0.2, -0.15) is 11.8 Å². The summed E-state index contributed by atoms with van der Waals surface area (Å²) in [4.78, 5) is 14.2. The van der Waals surface area contributed by atoms with E-state index < -0.39 is 0 Å². The Kier molecular flexibility index (Phi) is 6.06. The largest absolute Gasteiger partial charge is 0.338 e. The molecule has 0 saturated heterocycles. The van der Waals surface area contributed by atoms with Crippen molar-refractivity contribution in [3.05, 3.63) is 34.3 Å². The van der Waals surface area contributed by atoms with Gasteiger partial charge in [0.2, 0.25) is 0 Å². The number of nitrogens with zero attached hydrogens (tertiary/aromatic N) is 1. The lowest BCUT2D eigenvalue weighted by atomic mass is 10.1. The van der Waals surface area contributed by atoms with E-state index in [1.54, 1.807) is 11.8 Å². The van der Waals surface area contributed by atoms with E-state index in [2.05, 4.69) is 29.1 Å². The van der Waals surface area contributed by atoms with Gasteiger partial charge in [-0.15, -0.1) is 0 Å². The van der Waals surface area contributed by atoms with Crippen molar-refractivity contribution in [1.82, 2.24) is 4.90 Å². The van der Waals surface area contributed by atoms with E-state index in [1.807, 2.05) is 36.2 Å². The molecule has 0 bridgehead atoms. The van der Waals surface area contributed by atoms with Crippen LogP contribution < -0.4 is 0 Å². The van der Waals surface area contributed by atoms with E-state index in [0.29, 0.717) is 6.04 Å². The molecule has 1 aromatic rings. The number of hydrogen-bond donors (Lipinski definition) is 0. The molecule has 1 unspecified atom stereocenters. The van der Waals surface area contributed by atoms with Crippen molar-refractivity contribution < 1.29 is 4.79 Å².